The fraction of sp³-hybridized carbons (Fsp3) is 0.600. The van der Waals surface area contributed by atoms with Gasteiger partial charge in [0.25, 0.3) is 0 Å². The lowest BCUT2D eigenvalue weighted by molar-refractivity contribution is 0.0219. The van der Waals surface area contributed by atoms with Crippen LogP contribution in [0.3, 0.4) is 0 Å². The van der Waals surface area contributed by atoms with Crippen molar-refractivity contribution in [2.24, 2.45) is 0 Å². The third kappa shape index (κ3) is 2.90. The maximum atomic E-state index is 9.98. The standard InChI is InChI=1S/C15H23N3O2/c1-20-14-3-2-12(15(19)8-14)9-17-10-13(11-17)18-6-4-16-5-7-18/h2-3,8,13,16,19H,4-7,9-11H2,1H3. The number of piperazine rings is 1. The van der Waals surface area contributed by atoms with E-state index in [-0.39, 0.29) is 0 Å². The van der Waals surface area contributed by atoms with Gasteiger partial charge in [0, 0.05) is 63.5 Å². The van der Waals surface area contributed by atoms with Crippen molar-refractivity contribution < 1.29 is 9.84 Å². The van der Waals surface area contributed by atoms with Gasteiger partial charge < -0.3 is 15.2 Å². The number of hydrogen-bond donors (Lipinski definition) is 2. The highest BCUT2D eigenvalue weighted by Gasteiger charge is 2.32. The van der Waals surface area contributed by atoms with Crippen molar-refractivity contribution in [3.8, 4) is 11.5 Å². The number of ether oxygens (including phenoxy) is 1. The van der Waals surface area contributed by atoms with E-state index < -0.39 is 0 Å². The molecule has 2 heterocycles. The average Bonchev–Trinajstić information content (AvgIpc) is 2.44. The van der Waals surface area contributed by atoms with Crippen LogP contribution in [-0.4, -0.2) is 67.3 Å². The van der Waals surface area contributed by atoms with Crippen LogP contribution in [0.2, 0.25) is 0 Å². The third-order valence-corrected chi connectivity index (χ3v) is 4.29. The molecule has 0 atom stereocenters. The molecule has 20 heavy (non-hydrogen) atoms. The number of nitrogens with one attached hydrogen (secondary N) is 1. The van der Waals surface area contributed by atoms with E-state index in [1.807, 2.05) is 12.1 Å². The summed E-state index contributed by atoms with van der Waals surface area (Å²) in [6, 6.07) is 6.23. The summed E-state index contributed by atoms with van der Waals surface area (Å²) in [5, 5.41) is 13.4. The van der Waals surface area contributed by atoms with Gasteiger partial charge in [0.05, 0.1) is 7.11 Å². The van der Waals surface area contributed by atoms with Gasteiger partial charge in [-0.05, 0) is 6.07 Å². The van der Waals surface area contributed by atoms with Crippen molar-refractivity contribution in [3.05, 3.63) is 23.8 Å². The van der Waals surface area contributed by atoms with Gasteiger partial charge in [-0.2, -0.15) is 0 Å². The minimum atomic E-state index is 0.329. The maximum Gasteiger partial charge on any atom is 0.123 e. The lowest BCUT2D eigenvalue weighted by Crippen LogP contribution is -2.62. The zero-order valence-corrected chi connectivity index (χ0v) is 12.0. The van der Waals surface area contributed by atoms with Crippen LogP contribution in [0.15, 0.2) is 18.2 Å². The highest BCUT2D eigenvalue weighted by Crippen LogP contribution is 2.26. The smallest absolute Gasteiger partial charge is 0.123 e. The predicted octanol–water partition coefficient (Wildman–Crippen LogP) is 0.490. The molecule has 0 radical (unpaired) electrons. The first-order valence-corrected chi connectivity index (χ1v) is 7.29. The summed E-state index contributed by atoms with van der Waals surface area (Å²) in [4.78, 5) is 4.95. The zero-order valence-electron chi connectivity index (χ0n) is 12.0. The largest absolute Gasteiger partial charge is 0.507 e. The number of phenols is 1. The van der Waals surface area contributed by atoms with Crippen LogP contribution < -0.4 is 10.1 Å². The SMILES string of the molecule is COc1ccc(CN2CC(N3CCNCC3)C2)c(O)c1. The Balaban J connectivity index is 1.51. The molecule has 2 fully saturated rings. The van der Waals surface area contributed by atoms with E-state index in [0.717, 1.165) is 51.4 Å². The van der Waals surface area contributed by atoms with E-state index in [1.165, 1.54) is 0 Å². The summed E-state index contributed by atoms with van der Waals surface area (Å²) in [7, 11) is 1.61. The molecule has 2 aliphatic heterocycles. The topological polar surface area (TPSA) is 48.0 Å². The van der Waals surface area contributed by atoms with Crippen LogP contribution in [0.5, 0.6) is 11.5 Å². The van der Waals surface area contributed by atoms with Crippen molar-refractivity contribution in [1.82, 2.24) is 15.1 Å². The Morgan fingerprint density at radius 3 is 2.70 bits per heavy atom. The first kappa shape index (κ1) is 13.7. The number of benzene rings is 1. The summed E-state index contributed by atoms with van der Waals surface area (Å²) < 4.78 is 5.11. The Kier molecular flexibility index (Phi) is 4.10. The Labute approximate surface area is 120 Å². The first-order valence-electron chi connectivity index (χ1n) is 7.29. The zero-order chi connectivity index (χ0) is 13.9. The van der Waals surface area contributed by atoms with E-state index in [1.54, 1.807) is 13.2 Å². The monoisotopic (exact) mass is 277 g/mol. The van der Waals surface area contributed by atoms with Crippen LogP contribution in [0.4, 0.5) is 0 Å². The van der Waals surface area contributed by atoms with Gasteiger partial charge in [-0.3, -0.25) is 9.80 Å². The minimum Gasteiger partial charge on any atom is -0.507 e. The van der Waals surface area contributed by atoms with Gasteiger partial charge in [-0.25, -0.2) is 0 Å². The molecule has 2 saturated heterocycles. The minimum absolute atomic E-state index is 0.329. The second-order valence-electron chi connectivity index (χ2n) is 5.63. The van der Waals surface area contributed by atoms with Crippen molar-refractivity contribution >= 4 is 0 Å². The van der Waals surface area contributed by atoms with Crippen LogP contribution in [-0.2, 0) is 6.54 Å². The maximum absolute atomic E-state index is 9.98. The highest BCUT2D eigenvalue weighted by atomic mass is 16.5. The second-order valence-corrected chi connectivity index (χ2v) is 5.63. The molecule has 110 valence electrons. The van der Waals surface area contributed by atoms with E-state index in [9.17, 15) is 5.11 Å². The molecule has 0 spiro atoms. The van der Waals surface area contributed by atoms with Crippen LogP contribution in [0, 0.1) is 0 Å². The van der Waals surface area contributed by atoms with Gasteiger partial charge in [0.15, 0.2) is 0 Å². The van der Waals surface area contributed by atoms with Crippen molar-refractivity contribution in [3.63, 3.8) is 0 Å². The van der Waals surface area contributed by atoms with Crippen molar-refractivity contribution in [1.29, 1.82) is 0 Å². The third-order valence-electron chi connectivity index (χ3n) is 4.29. The molecule has 0 unspecified atom stereocenters. The number of aromatic hydroxyl groups is 1. The Hall–Kier alpha value is -1.30. The summed E-state index contributed by atoms with van der Waals surface area (Å²) in [5.74, 6) is 1.03. The van der Waals surface area contributed by atoms with E-state index >= 15 is 0 Å². The number of rotatable bonds is 4. The van der Waals surface area contributed by atoms with E-state index in [2.05, 4.69) is 15.1 Å². The molecule has 5 heteroatoms. The highest BCUT2D eigenvalue weighted by molar-refractivity contribution is 5.39. The number of nitrogens with zero attached hydrogens (tertiary/aromatic N) is 2. The number of methoxy groups -OCH3 is 1. The van der Waals surface area contributed by atoms with E-state index in [4.69, 9.17) is 4.74 Å². The molecule has 0 amide bonds. The Morgan fingerprint density at radius 2 is 2.05 bits per heavy atom. The van der Waals surface area contributed by atoms with Crippen LogP contribution >= 0.6 is 0 Å². The molecule has 1 aromatic carbocycles. The normalized spacial score (nSPS) is 21.6. The average molecular weight is 277 g/mol. The van der Waals surface area contributed by atoms with Gasteiger partial charge >= 0.3 is 0 Å². The summed E-state index contributed by atoms with van der Waals surface area (Å²) in [6.07, 6.45) is 0. The molecule has 3 rings (SSSR count). The van der Waals surface area contributed by atoms with Gasteiger partial charge in [-0.15, -0.1) is 0 Å². The summed E-state index contributed by atoms with van der Waals surface area (Å²) in [6.45, 7) is 7.56. The molecule has 0 saturated carbocycles. The van der Waals surface area contributed by atoms with Gasteiger partial charge in [0.2, 0.25) is 0 Å². The number of likely N-dealkylation sites (tertiary alicyclic amines) is 1. The lowest BCUT2D eigenvalue weighted by Gasteiger charge is -2.46. The second kappa shape index (κ2) is 5.99. The summed E-state index contributed by atoms with van der Waals surface area (Å²) in [5.41, 5.74) is 0.976. The summed E-state index contributed by atoms with van der Waals surface area (Å²) >= 11 is 0. The molecule has 5 nitrogen and oxygen atoms in total. The van der Waals surface area contributed by atoms with Crippen molar-refractivity contribution in [2.45, 2.75) is 12.6 Å². The fourth-order valence-corrected chi connectivity index (χ4v) is 3.00. The van der Waals surface area contributed by atoms with Crippen LogP contribution in [0.1, 0.15) is 5.56 Å². The molecule has 0 aliphatic carbocycles. The predicted molar refractivity (Wildman–Crippen MR) is 78.2 cm³/mol. The Bertz CT molecular complexity index is 454. The quantitative estimate of drug-likeness (QED) is 0.839. The first-order chi connectivity index (χ1) is 9.76. The number of hydrogen-bond acceptors (Lipinski definition) is 5. The molecule has 1 aromatic rings. The fourth-order valence-electron chi connectivity index (χ4n) is 3.00. The van der Waals surface area contributed by atoms with Crippen molar-refractivity contribution in [2.75, 3.05) is 46.4 Å². The molecule has 0 bridgehead atoms. The number of phenolic OH excluding ortho intramolecular Hbond substituents is 1. The van der Waals surface area contributed by atoms with E-state index in [0.29, 0.717) is 17.5 Å². The Morgan fingerprint density at radius 1 is 1.30 bits per heavy atom. The molecular weight excluding hydrogens is 254 g/mol. The van der Waals surface area contributed by atoms with Crippen LogP contribution in [0.25, 0.3) is 0 Å². The molecule has 2 aliphatic rings. The molecule has 0 aromatic heterocycles. The lowest BCUT2D eigenvalue weighted by atomic mass is 10.0. The van der Waals surface area contributed by atoms with Gasteiger partial charge in [-0.1, -0.05) is 6.07 Å². The van der Waals surface area contributed by atoms with Gasteiger partial charge in [0.1, 0.15) is 11.5 Å². The molecular formula is C15H23N3O2. The molecule has 2 N–H and O–H groups in total.